The van der Waals surface area contributed by atoms with Crippen molar-refractivity contribution in [3.05, 3.63) is 36.5 Å². The molecule has 0 fully saturated rings. The van der Waals surface area contributed by atoms with Gasteiger partial charge in [-0.1, -0.05) is 6.92 Å². The van der Waals surface area contributed by atoms with Gasteiger partial charge in [0.25, 0.3) is 0 Å². The normalized spacial score (nSPS) is 12.7. The van der Waals surface area contributed by atoms with Crippen molar-refractivity contribution in [1.29, 1.82) is 0 Å². The average molecular weight is 203 g/mol. The molecule has 2 aromatic rings. The lowest BCUT2D eigenvalue weighted by Crippen LogP contribution is -2.08. The molecule has 0 amide bonds. The largest absolute Gasteiger partial charge is 0.444 e. The highest BCUT2D eigenvalue weighted by Crippen LogP contribution is 2.20. The zero-order chi connectivity index (χ0) is 10.7. The van der Waals surface area contributed by atoms with E-state index in [4.69, 9.17) is 10.2 Å². The number of oxazole rings is 1. The Morgan fingerprint density at radius 1 is 1.53 bits per heavy atom. The van der Waals surface area contributed by atoms with Crippen molar-refractivity contribution >= 4 is 0 Å². The van der Waals surface area contributed by atoms with Crippen LogP contribution in [0, 0.1) is 0 Å². The molecule has 0 aliphatic carbocycles. The standard InChI is InChI=1S/C11H13N3O/c1-8(5-12)10-7-15-11(14-10)9-3-2-4-13-6-9/h2-4,6-8H,5,12H2,1H3. The summed E-state index contributed by atoms with van der Waals surface area (Å²) in [6, 6.07) is 3.77. The summed E-state index contributed by atoms with van der Waals surface area (Å²) in [5.41, 5.74) is 7.33. The number of nitrogens with zero attached hydrogens (tertiary/aromatic N) is 2. The summed E-state index contributed by atoms with van der Waals surface area (Å²) >= 11 is 0. The fourth-order valence-electron chi connectivity index (χ4n) is 1.26. The van der Waals surface area contributed by atoms with Crippen LogP contribution in [-0.2, 0) is 0 Å². The molecule has 2 N–H and O–H groups in total. The number of aromatic nitrogens is 2. The molecule has 4 heteroatoms. The first-order valence-corrected chi connectivity index (χ1v) is 4.87. The molecular formula is C11H13N3O. The van der Waals surface area contributed by atoms with Crippen LogP contribution < -0.4 is 5.73 Å². The van der Waals surface area contributed by atoms with E-state index in [9.17, 15) is 0 Å². The van der Waals surface area contributed by atoms with E-state index < -0.39 is 0 Å². The molecule has 0 aromatic carbocycles. The Morgan fingerprint density at radius 2 is 2.40 bits per heavy atom. The molecule has 1 atom stereocenters. The van der Waals surface area contributed by atoms with Gasteiger partial charge < -0.3 is 10.2 Å². The van der Waals surface area contributed by atoms with E-state index in [1.165, 1.54) is 0 Å². The van der Waals surface area contributed by atoms with Gasteiger partial charge in [-0.15, -0.1) is 0 Å². The molecule has 0 spiro atoms. The minimum Gasteiger partial charge on any atom is -0.444 e. The van der Waals surface area contributed by atoms with Gasteiger partial charge in [0.05, 0.1) is 11.3 Å². The number of rotatable bonds is 3. The van der Waals surface area contributed by atoms with Crippen LogP contribution in [0.15, 0.2) is 35.2 Å². The summed E-state index contributed by atoms with van der Waals surface area (Å²) in [6.07, 6.45) is 5.10. The first-order chi connectivity index (χ1) is 7.31. The highest BCUT2D eigenvalue weighted by molar-refractivity contribution is 5.50. The van der Waals surface area contributed by atoms with E-state index in [0.29, 0.717) is 12.4 Å². The fraction of sp³-hybridized carbons (Fsp3) is 0.273. The second kappa shape index (κ2) is 4.23. The molecule has 0 aliphatic rings. The van der Waals surface area contributed by atoms with Gasteiger partial charge in [0.1, 0.15) is 6.26 Å². The maximum Gasteiger partial charge on any atom is 0.227 e. The zero-order valence-electron chi connectivity index (χ0n) is 8.55. The van der Waals surface area contributed by atoms with Crippen LogP contribution in [0.4, 0.5) is 0 Å². The second-order valence-electron chi connectivity index (χ2n) is 3.46. The van der Waals surface area contributed by atoms with Gasteiger partial charge in [0.15, 0.2) is 0 Å². The van der Waals surface area contributed by atoms with Gasteiger partial charge in [0.2, 0.25) is 5.89 Å². The quantitative estimate of drug-likeness (QED) is 0.826. The molecule has 2 aromatic heterocycles. The third-order valence-corrected chi connectivity index (χ3v) is 2.29. The maximum atomic E-state index is 5.56. The van der Waals surface area contributed by atoms with E-state index in [0.717, 1.165) is 11.3 Å². The Kier molecular flexibility index (Phi) is 2.78. The van der Waals surface area contributed by atoms with E-state index in [2.05, 4.69) is 9.97 Å². The molecule has 2 heterocycles. The summed E-state index contributed by atoms with van der Waals surface area (Å²) in [4.78, 5) is 8.38. The average Bonchev–Trinajstić information content (AvgIpc) is 2.78. The molecule has 0 saturated heterocycles. The fourth-order valence-corrected chi connectivity index (χ4v) is 1.26. The van der Waals surface area contributed by atoms with E-state index in [1.54, 1.807) is 18.7 Å². The lowest BCUT2D eigenvalue weighted by molar-refractivity contribution is 0.570. The molecule has 0 saturated carbocycles. The Balaban J connectivity index is 2.28. The maximum absolute atomic E-state index is 5.56. The molecule has 2 rings (SSSR count). The molecular weight excluding hydrogens is 190 g/mol. The van der Waals surface area contributed by atoms with Crippen LogP contribution in [0.3, 0.4) is 0 Å². The van der Waals surface area contributed by atoms with Crippen LogP contribution in [0.5, 0.6) is 0 Å². The summed E-state index contributed by atoms with van der Waals surface area (Å²) in [5.74, 6) is 0.817. The monoisotopic (exact) mass is 203 g/mol. The van der Waals surface area contributed by atoms with Gasteiger partial charge in [-0.2, -0.15) is 0 Å². The van der Waals surface area contributed by atoms with Crippen LogP contribution in [0.1, 0.15) is 18.5 Å². The topological polar surface area (TPSA) is 64.9 Å². The van der Waals surface area contributed by atoms with Crippen molar-refractivity contribution in [2.75, 3.05) is 6.54 Å². The van der Waals surface area contributed by atoms with Crippen molar-refractivity contribution in [2.45, 2.75) is 12.8 Å². The van der Waals surface area contributed by atoms with Crippen LogP contribution in [-0.4, -0.2) is 16.5 Å². The van der Waals surface area contributed by atoms with Gasteiger partial charge >= 0.3 is 0 Å². The molecule has 0 aliphatic heterocycles. The third-order valence-electron chi connectivity index (χ3n) is 2.29. The summed E-state index contributed by atoms with van der Waals surface area (Å²) < 4.78 is 5.37. The van der Waals surface area contributed by atoms with Gasteiger partial charge in [-0.05, 0) is 12.1 Å². The van der Waals surface area contributed by atoms with Crippen molar-refractivity contribution in [3.8, 4) is 11.5 Å². The number of hydrogen-bond acceptors (Lipinski definition) is 4. The Hall–Kier alpha value is -1.68. The van der Waals surface area contributed by atoms with Crippen molar-refractivity contribution < 1.29 is 4.42 Å². The van der Waals surface area contributed by atoms with E-state index >= 15 is 0 Å². The molecule has 1 unspecified atom stereocenters. The third kappa shape index (κ3) is 2.05. The first-order valence-electron chi connectivity index (χ1n) is 4.87. The minimum absolute atomic E-state index is 0.221. The predicted molar refractivity (Wildman–Crippen MR) is 57.2 cm³/mol. The first kappa shape index (κ1) is 9.86. The lowest BCUT2D eigenvalue weighted by atomic mass is 10.1. The molecule has 78 valence electrons. The molecule has 4 nitrogen and oxygen atoms in total. The zero-order valence-corrected chi connectivity index (χ0v) is 8.55. The van der Waals surface area contributed by atoms with Crippen LogP contribution in [0.25, 0.3) is 11.5 Å². The lowest BCUT2D eigenvalue weighted by Gasteiger charge is -2.00. The van der Waals surface area contributed by atoms with Crippen molar-refractivity contribution in [2.24, 2.45) is 5.73 Å². The van der Waals surface area contributed by atoms with Crippen LogP contribution in [0.2, 0.25) is 0 Å². The molecule has 0 bridgehead atoms. The van der Waals surface area contributed by atoms with Gasteiger partial charge in [0, 0.05) is 24.9 Å². The number of pyridine rings is 1. The van der Waals surface area contributed by atoms with Crippen molar-refractivity contribution in [3.63, 3.8) is 0 Å². The smallest absolute Gasteiger partial charge is 0.227 e. The second-order valence-corrected chi connectivity index (χ2v) is 3.46. The highest BCUT2D eigenvalue weighted by atomic mass is 16.3. The summed E-state index contributed by atoms with van der Waals surface area (Å²) in [5, 5.41) is 0. The van der Waals surface area contributed by atoms with Gasteiger partial charge in [-0.3, -0.25) is 4.98 Å². The van der Waals surface area contributed by atoms with E-state index in [1.807, 2.05) is 19.1 Å². The molecule has 0 radical (unpaired) electrons. The highest BCUT2D eigenvalue weighted by Gasteiger charge is 2.10. The van der Waals surface area contributed by atoms with E-state index in [-0.39, 0.29) is 5.92 Å². The number of hydrogen-bond donors (Lipinski definition) is 1. The SMILES string of the molecule is CC(CN)c1coc(-c2cccnc2)n1. The van der Waals surface area contributed by atoms with Gasteiger partial charge in [-0.25, -0.2) is 4.98 Å². The Morgan fingerprint density at radius 3 is 3.07 bits per heavy atom. The minimum atomic E-state index is 0.221. The van der Waals surface area contributed by atoms with Crippen molar-refractivity contribution in [1.82, 2.24) is 9.97 Å². The molecule has 15 heavy (non-hydrogen) atoms. The number of nitrogens with two attached hydrogens (primary N) is 1. The Labute approximate surface area is 88.2 Å². The summed E-state index contributed by atoms with van der Waals surface area (Å²) in [6.45, 7) is 2.59. The predicted octanol–water partition coefficient (Wildman–Crippen LogP) is 1.80. The Bertz CT molecular complexity index is 424. The van der Waals surface area contributed by atoms with Crippen LogP contribution >= 0.6 is 0 Å². The summed E-state index contributed by atoms with van der Waals surface area (Å²) in [7, 11) is 0.